The maximum Gasteiger partial charge on any atom is 0.260 e. The fourth-order valence-corrected chi connectivity index (χ4v) is 4.58. The van der Waals surface area contributed by atoms with E-state index in [9.17, 15) is 4.79 Å². The van der Waals surface area contributed by atoms with E-state index >= 15 is 0 Å². The van der Waals surface area contributed by atoms with E-state index in [2.05, 4.69) is 29.2 Å². The molecule has 168 valence electrons. The highest BCUT2D eigenvalue weighted by Crippen LogP contribution is 2.34. The molecule has 1 saturated heterocycles. The van der Waals surface area contributed by atoms with Gasteiger partial charge >= 0.3 is 0 Å². The van der Waals surface area contributed by atoms with Gasteiger partial charge in [-0.25, -0.2) is 0 Å². The van der Waals surface area contributed by atoms with Crippen LogP contribution in [0.4, 0.5) is 5.69 Å². The highest BCUT2D eigenvalue weighted by atomic mass is 16.5. The summed E-state index contributed by atoms with van der Waals surface area (Å²) in [6, 6.07) is 14.3. The molecule has 1 aliphatic carbocycles. The summed E-state index contributed by atoms with van der Waals surface area (Å²) < 4.78 is 17.2. The number of hydrogen-bond donors (Lipinski definition) is 0. The van der Waals surface area contributed by atoms with E-state index in [0.717, 1.165) is 61.4 Å². The number of aryl methyl sites for hydroxylation is 2. The number of carbonyl (C=O) groups excluding carboxylic acids is 1. The molecule has 0 saturated carbocycles. The van der Waals surface area contributed by atoms with Crippen molar-refractivity contribution in [3.8, 4) is 5.75 Å². The molecule has 2 aromatic carbocycles. The molecule has 1 aromatic heterocycles. The minimum atomic E-state index is -0.0448. The second-order valence-corrected chi connectivity index (χ2v) is 8.67. The number of anilines is 1. The largest absolute Gasteiger partial charge is 0.484 e. The van der Waals surface area contributed by atoms with E-state index in [-0.39, 0.29) is 12.5 Å². The van der Waals surface area contributed by atoms with Crippen LogP contribution in [-0.4, -0.2) is 50.8 Å². The number of carbonyl (C=O) groups is 1. The molecule has 0 N–H and O–H groups in total. The Bertz CT molecular complexity index is 1080. The maximum absolute atomic E-state index is 12.6. The summed E-state index contributed by atoms with van der Waals surface area (Å²) in [5, 5.41) is 1.12. The molecule has 1 aliphatic heterocycles. The lowest BCUT2D eigenvalue weighted by molar-refractivity contribution is -0.132. The van der Waals surface area contributed by atoms with Crippen LogP contribution < -0.4 is 9.64 Å². The fourth-order valence-electron chi connectivity index (χ4n) is 4.58. The third kappa shape index (κ3) is 4.46. The zero-order chi connectivity index (χ0) is 21.9. The van der Waals surface area contributed by atoms with E-state index in [1.54, 1.807) is 4.90 Å². The number of hydrogen-bond acceptors (Lipinski definition) is 5. The molecule has 0 unspecified atom stereocenters. The lowest BCUT2D eigenvalue weighted by Crippen LogP contribution is -2.36. The van der Waals surface area contributed by atoms with E-state index in [4.69, 9.17) is 13.9 Å². The van der Waals surface area contributed by atoms with Gasteiger partial charge in [-0.2, -0.15) is 0 Å². The molecule has 6 heteroatoms. The number of morpholine rings is 1. The third-order valence-corrected chi connectivity index (χ3v) is 6.45. The predicted octanol–water partition coefficient (Wildman–Crippen LogP) is 4.19. The van der Waals surface area contributed by atoms with Gasteiger partial charge in [-0.3, -0.25) is 4.79 Å². The van der Waals surface area contributed by atoms with Crippen LogP contribution >= 0.6 is 0 Å². The number of ether oxygens (including phenoxy) is 2. The lowest BCUT2D eigenvalue weighted by Gasteiger charge is -2.29. The summed E-state index contributed by atoms with van der Waals surface area (Å²) in [4.78, 5) is 16.7. The van der Waals surface area contributed by atoms with Gasteiger partial charge in [-0.1, -0.05) is 12.1 Å². The first-order valence-electron chi connectivity index (χ1n) is 11.5. The minimum Gasteiger partial charge on any atom is -0.484 e. The molecule has 3 aromatic rings. The van der Waals surface area contributed by atoms with Gasteiger partial charge in [0.25, 0.3) is 5.91 Å². The second-order valence-electron chi connectivity index (χ2n) is 8.67. The molecule has 1 amide bonds. The van der Waals surface area contributed by atoms with Crippen molar-refractivity contribution in [3.63, 3.8) is 0 Å². The van der Waals surface area contributed by atoms with Crippen molar-refractivity contribution >= 4 is 22.6 Å². The first-order valence-corrected chi connectivity index (χ1v) is 11.5. The van der Waals surface area contributed by atoms with Crippen LogP contribution in [0.1, 0.15) is 29.7 Å². The number of fused-ring (bicyclic) bond motifs is 3. The van der Waals surface area contributed by atoms with Crippen LogP contribution in [0.2, 0.25) is 0 Å². The predicted molar refractivity (Wildman–Crippen MR) is 124 cm³/mol. The highest BCUT2D eigenvalue weighted by Gasteiger charge is 2.18. The SMILES string of the molecule is CN(Cc1ccc(N2CCOCC2)cc1)C(=O)COc1ccc2oc3c(c2c1)CCCC3. The van der Waals surface area contributed by atoms with Crippen LogP contribution in [0.15, 0.2) is 46.9 Å². The van der Waals surface area contributed by atoms with Gasteiger partial charge in [0.2, 0.25) is 0 Å². The van der Waals surface area contributed by atoms with Crippen LogP contribution in [0.25, 0.3) is 11.0 Å². The van der Waals surface area contributed by atoms with Gasteiger partial charge in [-0.05, 0) is 55.2 Å². The first kappa shape index (κ1) is 20.9. The monoisotopic (exact) mass is 434 g/mol. The molecule has 5 rings (SSSR count). The van der Waals surface area contributed by atoms with Crippen LogP contribution in [0, 0.1) is 0 Å². The molecule has 32 heavy (non-hydrogen) atoms. The van der Waals surface area contributed by atoms with Crippen molar-refractivity contribution in [2.45, 2.75) is 32.2 Å². The average Bonchev–Trinajstić information content (AvgIpc) is 3.21. The lowest BCUT2D eigenvalue weighted by atomic mass is 9.96. The average molecular weight is 435 g/mol. The summed E-state index contributed by atoms with van der Waals surface area (Å²) in [6.07, 6.45) is 4.45. The molecular weight excluding hydrogens is 404 g/mol. The van der Waals surface area contributed by atoms with Crippen molar-refractivity contribution in [2.24, 2.45) is 0 Å². The maximum atomic E-state index is 12.6. The molecule has 0 bridgehead atoms. The number of likely N-dealkylation sites (N-methyl/N-ethyl adjacent to an activating group) is 1. The Hall–Kier alpha value is -2.99. The summed E-state index contributed by atoms with van der Waals surface area (Å²) in [5.74, 6) is 1.78. The molecule has 0 spiro atoms. The number of rotatable bonds is 6. The highest BCUT2D eigenvalue weighted by molar-refractivity contribution is 5.84. The van der Waals surface area contributed by atoms with Crippen LogP contribution in [0.5, 0.6) is 5.75 Å². The van der Waals surface area contributed by atoms with Crippen molar-refractivity contribution in [1.29, 1.82) is 0 Å². The molecule has 0 radical (unpaired) electrons. The van der Waals surface area contributed by atoms with Gasteiger partial charge in [0.15, 0.2) is 6.61 Å². The summed E-state index contributed by atoms with van der Waals surface area (Å²) >= 11 is 0. The van der Waals surface area contributed by atoms with Gasteiger partial charge in [-0.15, -0.1) is 0 Å². The topological polar surface area (TPSA) is 55.2 Å². The number of amides is 1. The summed E-state index contributed by atoms with van der Waals surface area (Å²) in [6.45, 7) is 3.96. The van der Waals surface area contributed by atoms with Gasteiger partial charge in [0.1, 0.15) is 17.1 Å². The summed E-state index contributed by atoms with van der Waals surface area (Å²) in [5.41, 5.74) is 4.52. The number of nitrogens with zero attached hydrogens (tertiary/aromatic N) is 2. The Morgan fingerprint density at radius 3 is 2.66 bits per heavy atom. The first-order chi connectivity index (χ1) is 15.7. The van der Waals surface area contributed by atoms with E-state index < -0.39 is 0 Å². The minimum absolute atomic E-state index is 0.0217. The zero-order valence-corrected chi connectivity index (χ0v) is 18.6. The Balaban J connectivity index is 1.17. The molecule has 2 heterocycles. The van der Waals surface area contributed by atoms with Crippen molar-refractivity contribution < 1.29 is 18.7 Å². The van der Waals surface area contributed by atoms with Crippen molar-refractivity contribution in [1.82, 2.24) is 4.90 Å². The van der Waals surface area contributed by atoms with E-state index in [1.807, 2.05) is 25.2 Å². The van der Waals surface area contributed by atoms with Crippen molar-refractivity contribution in [3.05, 3.63) is 59.4 Å². The Morgan fingerprint density at radius 2 is 1.84 bits per heavy atom. The van der Waals surface area contributed by atoms with E-state index in [0.29, 0.717) is 12.3 Å². The Morgan fingerprint density at radius 1 is 1.06 bits per heavy atom. The smallest absolute Gasteiger partial charge is 0.260 e. The zero-order valence-electron chi connectivity index (χ0n) is 18.6. The molecule has 6 nitrogen and oxygen atoms in total. The van der Waals surface area contributed by atoms with Crippen LogP contribution in [0.3, 0.4) is 0 Å². The molecule has 0 atom stereocenters. The second kappa shape index (κ2) is 9.25. The van der Waals surface area contributed by atoms with E-state index in [1.165, 1.54) is 24.1 Å². The molecule has 1 fully saturated rings. The molecule has 2 aliphatic rings. The van der Waals surface area contributed by atoms with Crippen molar-refractivity contribution in [2.75, 3.05) is 44.9 Å². The fraction of sp³-hybridized carbons (Fsp3) is 0.423. The van der Waals surface area contributed by atoms with Gasteiger partial charge in [0.05, 0.1) is 13.2 Å². The normalized spacial score (nSPS) is 16.1. The quantitative estimate of drug-likeness (QED) is 0.582. The Kier molecular flexibility index (Phi) is 6.04. The standard InChI is InChI=1S/C26H30N2O4/c1-27(17-19-6-8-20(9-7-19)28-12-14-30-15-13-28)26(29)18-31-21-10-11-25-23(16-21)22-4-2-3-5-24(22)32-25/h6-11,16H,2-5,12-15,17-18H2,1H3. The van der Waals surface area contributed by atoms with Gasteiger partial charge in [0, 0.05) is 49.7 Å². The van der Waals surface area contributed by atoms with Crippen LogP contribution in [-0.2, 0) is 28.9 Å². The Labute approximate surface area is 188 Å². The summed E-state index contributed by atoms with van der Waals surface area (Å²) in [7, 11) is 1.82. The number of benzene rings is 2. The number of furan rings is 1. The molecular formula is C26H30N2O4. The van der Waals surface area contributed by atoms with Gasteiger partial charge < -0.3 is 23.7 Å². The third-order valence-electron chi connectivity index (χ3n) is 6.45.